The van der Waals surface area contributed by atoms with Gasteiger partial charge in [0.25, 0.3) is 0 Å². The number of halogens is 1. The lowest BCUT2D eigenvalue weighted by molar-refractivity contribution is 0.537. The summed E-state index contributed by atoms with van der Waals surface area (Å²) in [5.74, 6) is 1.55. The molecule has 6 heteroatoms. The Balaban J connectivity index is 2.16. The molecular formula is C18H26ClN5. The molecule has 0 spiro atoms. The quantitative estimate of drug-likeness (QED) is 0.758. The van der Waals surface area contributed by atoms with Gasteiger partial charge < -0.3 is 10.6 Å². The predicted molar refractivity (Wildman–Crippen MR) is 100 cm³/mol. The molecular weight excluding hydrogens is 322 g/mol. The first-order chi connectivity index (χ1) is 11.3. The number of anilines is 2. The number of hydrogen-bond donors (Lipinski definition) is 2. The van der Waals surface area contributed by atoms with Gasteiger partial charge in [-0.1, -0.05) is 44.2 Å². The second-order valence-corrected chi connectivity index (χ2v) is 7.38. The summed E-state index contributed by atoms with van der Waals surface area (Å²) in [6.45, 7) is 10.6. The van der Waals surface area contributed by atoms with Gasteiger partial charge in [-0.3, -0.25) is 0 Å². The summed E-state index contributed by atoms with van der Waals surface area (Å²) in [6, 6.07) is 10.4. The van der Waals surface area contributed by atoms with E-state index in [2.05, 4.69) is 72.3 Å². The fourth-order valence-corrected chi connectivity index (χ4v) is 2.82. The lowest BCUT2D eigenvalue weighted by Gasteiger charge is -2.27. The van der Waals surface area contributed by atoms with Crippen LogP contribution in [0.15, 0.2) is 30.3 Å². The van der Waals surface area contributed by atoms with E-state index in [-0.39, 0.29) is 16.9 Å². The maximum Gasteiger partial charge on any atom is 0.229 e. The van der Waals surface area contributed by atoms with Gasteiger partial charge in [0.1, 0.15) is 0 Å². The van der Waals surface area contributed by atoms with E-state index in [1.165, 1.54) is 0 Å². The highest BCUT2D eigenvalue weighted by atomic mass is 35.5. The van der Waals surface area contributed by atoms with Crippen molar-refractivity contribution in [3.05, 3.63) is 41.2 Å². The molecule has 0 amide bonds. The van der Waals surface area contributed by atoms with Crippen LogP contribution < -0.4 is 10.6 Å². The van der Waals surface area contributed by atoms with E-state index < -0.39 is 0 Å². The van der Waals surface area contributed by atoms with Crippen LogP contribution in [0.1, 0.15) is 46.6 Å². The van der Waals surface area contributed by atoms with Gasteiger partial charge in [0.05, 0.1) is 5.54 Å². The molecule has 130 valence electrons. The number of rotatable bonds is 7. The lowest BCUT2D eigenvalue weighted by Crippen LogP contribution is -2.29. The maximum absolute atomic E-state index is 6.07. The largest absolute Gasteiger partial charge is 0.352 e. The second kappa shape index (κ2) is 7.79. The van der Waals surface area contributed by atoms with Crippen LogP contribution in [0.2, 0.25) is 5.28 Å². The third kappa shape index (κ3) is 5.34. The van der Waals surface area contributed by atoms with E-state index >= 15 is 0 Å². The highest BCUT2D eigenvalue weighted by Gasteiger charge is 2.22. The molecule has 0 saturated heterocycles. The highest BCUT2D eigenvalue weighted by Crippen LogP contribution is 2.24. The van der Waals surface area contributed by atoms with Gasteiger partial charge in [0.15, 0.2) is 0 Å². The Bertz CT molecular complexity index is 658. The fraction of sp³-hybridized carbons (Fsp3) is 0.500. The topological polar surface area (TPSA) is 62.7 Å². The molecule has 1 aromatic carbocycles. The third-order valence-corrected chi connectivity index (χ3v) is 3.90. The smallest absolute Gasteiger partial charge is 0.229 e. The summed E-state index contributed by atoms with van der Waals surface area (Å²) in [6.07, 6.45) is 1.03. The summed E-state index contributed by atoms with van der Waals surface area (Å²) >= 11 is 6.07. The van der Waals surface area contributed by atoms with Gasteiger partial charge in [-0.15, -0.1) is 0 Å². The van der Waals surface area contributed by atoms with Crippen molar-refractivity contribution in [2.45, 2.75) is 52.6 Å². The van der Waals surface area contributed by atoms with Gasteiger partial charge in [-0.25, -0.2) is 0 Å². The molecule has 0 radical (unpaired) electrons. The van der Waals surface area contributed by atoms with Gasteiger partial charge >= 0.3 is 0 Å². The molecule has 0 bridgehead atoms. The highest BCUT2D eigenvalue weighted by molar-refractivity contribution is 6.28. The van der Waals surface area contributed by atoms with E-state index in [1.54, 1.807) is 0 Å². The summed E-state index contributed by atoms with van der Waals surface area (Å²) in [5.41, 5.74) is 0.816. The van der Waals surface area contributed by atoms with Crippen molar-refractivity contribution in [1.82, 2.24) is 15.0 Å². The van der Waals surface area contributed by atoms with Crippen LogP contribution >= 0.6 is 11.6 Å². The Hall–Kier alpha value is -1.88. The number of nitrogens with zero attached hydrogens (tertiary/aromatic N) is 3. The Morgan fingerprint density at radius 2 is 1.62 bits per heavy atom. The minimum Gasteiger partial charge on any atom is -0.352 e. The zero-order valence-corrected chi connectivity index (χ0v) is 15.7. The monoisotopic (exact) mass is 347 g/mol. The molecule has 0 aliphatic rings. The van der Waals surface area contributed by atoms with Gasteiger partial charge in [0.2, 0.25) is 17.2 Å². The molecule has 2 N–H and O–H groups in total. The van der Waals surface area contributed by atoms with Gasteiger partial charge in [-0.2, -0.15) is 15.0 Å². The summed E-state index contributed by atoms with van der Waals surface area (Å²) < 4.78 is 0. The normalized spacial score (nSPS) is 13.0. The Labute approximate surface area is 149 Å². The van der Waals surface area contributed by atoms with Crippen molar-refractivity contribution >= 4 is 23.5 Å². The minimum atomic E-state index is -0.327. The average molecular weight is 348 g/mol. The zero-order valence-electron chi connectivity index (χ0n) is 15.0. The SMILES string of the molecule is CC(C)CC(C)Nc1nc(Cl)nc(NC(C)(C)c2ccccc2)n1. The van der Waals surface area contributed by atoms with Gasteiger partial charge in [0, 0.05) is 6.04 Å². The number of nitrogens with one attached hydrogen (secondary N) is 2. The van der Waals surface area contributed by atoms with Crippen LogP contribution in [0.25, 0.3) is 0 Å². The molecule has 0 saturated carbocycles. The number of aromatic nitrogens is 3. The zero-order chi connectivity index (χ0) is 17.7. The molecule has 1 unspecified atom stereocenters. The predicted octanol–water partition coefficient (Wildman–Crippen LogP) is 4.72. The molecule has 0 aliphatic heterocycles. The van der Waals surface area contributed by atoms with Crippen LogP contribution in [0.4, 0.5) is 11.9 Å². The van der Waals surface area contributed by atoms with Crippen LogP contribution in [-0.2, 0) is 5.54 Å². The van der Waals surface area contributed by atoms with Crippen LogP contribution in [0, 0.1) is 5.92 Å². The maximum atomic E-state index is 6.07. The van der Waals surface area contributed by atoms with E-state index in [4.69, 9.17) is 11.6 Å². The van der Waals surface area contributed by atoms with Crippen LogP contribution in [0.5, 0.6) is 0 Å². The van der Waals surface area contributed by atoms with Crippen LogP contribution in [-0.4, -0.2) is 21.0 Å². The lowest BCUT2D eigenvalue weighted by atomic mass is 9.95. The number of benzene rings is 1. The van der Waals surface area contributed by atoms with E-state index in [9.17, 15) is 0 Å². The van der Waals surface area contributed by atoms with Crippen molar-refractivity contribution in [3.8, 4) is 0 Å². The molecule has 0 aliphatic carbocycles. The molecule has 1 aromatic heterocycles. The molecule has 5 nitrogen and oxygen atoms in total. The van der Waals surface area contributed by atoms with E-state index in [0.717, 1.165) is 12.0 Å². The molecule has 1 heterocycles. The Morgan fingerprint density at radius 3 is 2.25 bits per heavy atom. The third-order valence-electron chi connectivity index (χ3n) is 3.73. The number of hydrogen-bond acceptors (Lipinski definition) is 5. The molecule has 0 fully saturated rings. The Kier molecular flexibility index (Phi) is 5.99. The van der Waals surface area contributed by atoms with E-state index in [1.807, 2.05) is 18.2 Å². The van der Waals surface area contributed by atoms with Crippen molar-refractivity contribution in [2.75, 3.05) is 10.6 Å². The van der Waals surface area contributed by atoms with Gasteiger partial charge in [-0.05, 0) is 50.3 Å². The first-order valence-electron chi connectivity index (χ1n) is 8.28. The van der Waals surface area contributed by atoms with Crippen molar-refractivity contribution in [2.24, 2.45) is 5.92 Å². The average Bonchev–Trinajstić information content (AvgIpc) is 2.46. The molecule has 2 rings (SSSR count). The minimum absolute atomic E-state index is 0.176. The van der Waals surface area contributed by atoms with Crippen molar-refractivity contribution in [1.29, 1.82) is 0 Å². The molecule has 2 aromatic rings. The summed E-state index contributed by atoms with van der Waals surface area (Å²) in [7, 11) is 0. The second-order valence-electron chi connectivity index (χ2n) is 7.04. The fourth-order valence-electron chi connectivity index (χ4n) is 2.66. The summed E-state index contributed by atoms with van der Waals surface area (Å²) in [4.78, 5) is 12.8. The first-order valence-corrected chi connectivity index (χ1v) is 8.66. The van der Waals surface area contributed by atoms with E-state index in [0.29, 0.717) is 17.8 Å². The van der Waals surface area contributed by atoms with Crippen molar-refractivity contribution in [3.63, 3.8) is 0 Å². The molecule has 24 heavy (non-hydrogen) atoms. The summed E-state index contributed by atoms with van der Waals surface area (Å²) in [5, 5.41) is 6.81. The van der Waals surface area contributed by atoms with Crippen molar-refractivity contribution < 1.29 is 0 Å². The molecule has 1 atom stereocenters. The first kappa shape index (κ1) is 18.5. The van der Waals surface area contributed by atoms with Crippen LogP contribution in [0.3, 0.4) is 0 Å². The standard InChI is InChI=1S/C18H26ClN5/c1-12(2)11-13(3)20-16-21-15(19)22-17(23-16)24-18(4,5)14-9-7-6-8-10-14/h6-10,12-13H,11H2,1-5H3,(H2,20,21,22,23,24). The Morgan fingerprint density at radius 1 is 1.00 bits per heavy atom.